The normalized spacial score (nSPS) is 11.7. The Balaban J connectivity index is 2.24. The smallest absolute Gasteiger partial charge is 0.203 e. The second-order valence-corrected chi connectivity index (χ2v) is 5.80. The standard InChI is InChI=1S/C18H16N2O4/c19-6-1-7-20-9-12-11-8-10(21)2-4-14(11)24-15-5-3-13(22)17(16(12)15)18(20)23/h2-5,8-9,21,23H,1,6-7,19H2. The van der Waals surface area contributed by atoms with E-state index in [1.807, 2.05) is 0 Å². The van der Waals surface area contributed by atoms with Gasteiger partial charge in [0.2, 0.25) is 5.88 Å². The second-order valence-electron chi connectivity index (χ2n) is 5.80. The number of phenols is 1. The van der Waals surface area contributed by atoms with Crippen molar-refractivity contribution in [2.24, 2.45) is 5.73 Å². The van der Waals surface area contributed by atoms with Crippen LogP contribution in [0.5, 0.6) is 11.6 Å². The number of aryl methyl sites for hydroxylation is 1. The van der Waals surface area contributed by atoms with E-state index in [2.05, 4.69) is 0 Å². The summed E-state index contributed by atoms with van der Waals surface area (Å²) in [6.45, 7) is 0.967. The molecule has 4 rings (SSSR count). The number of nitrogens with two attached hydrogens (primary N) is 1. The van der Waals surface area contributed by atoms with Crippen LogP contribution < -0.4 is 11.2 Å². The monoisotopic (exact) mass is 324 g/mol. The first kappa shape index (κ1) is 14.6. The molecule has 6 nitrogen and oxygen atoms in total. The fourth-order valence-corrected chi connectivity index (χ4v) is 3.14. The van der Waals surface area contributed by atoms with E-state index >= 15 is 0 Å². The highest BCUT2D eigenvalue weighted by atomic mass is 16.3. The van der Waals surface area contributed by atoms with Crippen LogP contribution in [0, 0.1) is 0 Å². The predicted molar refractivity (Wildman–Crippen MR) is 92.5 cm³/mol. The van der Waals surface area contributed by atoms with Gasteiger partial charge in [-0.25, -0.2) is 0 Å². The number of phenolic OH excluding ortho intramolecular Hbond substituents is 1. The van der Waals surface area contributed by atoms with Crippen LogP contribution in [0.2, 0.25) is 0 Å². The van der Waals surface area contributed by atoms with E-state index in [4.69, 9.17) is 10.2 Å². The average Bonchev–Trinajstić information content (AvgIpc) is 2.58. The van der Waals surface area contributed by atoms with Gasteiger partial charge in [0, 0.05) is 28.9 Å². The Hall–Kier alpha value is -2.99. The Morgan fingerprint density at radius 3 is 2.62 bits per heavy atom. The van der Waals surface area contributed by atoms with Crippen molar-refractivity contribution in [2.45, 2.75) is 13.0 Å². The summed E-state index contributed by atoms with van der Waals surface area (Å²) >= 11 is 0. The van der Waals surface area contributed by atoms with Crippen molar-refractivity contribution in [1.29, 1.82) is 0 Å². The Morgan fingerprint density at radius 2 is 1.83 bits per heavy atom. The van der Waals surface area contributed by atoms with Crippen LogP contribution in [-0.2, 0) is 6.54 Å². The van der Waals surface area contributed by atoms with E-state index in [-0.39, 0.29) is 22.4 Å². The Labute approximate surface area is 136 Å². The van der Waals surface area contributed by atoms with Gasteiger partial charge in [0.1, 0.15) is 16.9 Å². The van der Waals surface area contributed by atoms with Gasteiger partial charge >= 0.3 is 0 Å². The number of hydrogen-bond donors (Lipinski definition) is 3. The van der Waals surface area contributed by atoms with Crippen molar-refractivity contribution in [3.63, 3.8) is 0 Å². The summed E-state index contributed by atoms with van der Waals surface area (Å²) in [5.41, 5.74) is 6.39. The molecular formula is C18H16N2O4. The maximum absolute atomic E-state index is 12.3. The van der Waals surface area contributed by atoms with Crippen LogP contribution >= 0.6 is 0 Å². The number of pyridine rings is 1. The van der Waals surface area contributed by atoms with Crippen LogP contribution in [0.1, 0.15) is 6.42 Å². The molecule has 122 valence electrons. The lowest BCUT2D eigenvalue weighted by molar-refractivity contribution is 0.415. The first-order chi connectivity index (χ1) is 11.6. The lowest BCUT2D eigenvalue weighted by atomic mass is 10.0. The van der Waals surface area contributed by atoms with Gasteiger partial charge in [0.15, 0.2) is 5.43 Å². The van der Waals surface area contributed by atoms with Gasteiger partial charge in [-0.2, -0.15) is 0 Å². The van der Waals surface area contributed by atoms with Gasteiger partial charge in [-0.05, 0) is 43.3 Å². The van der Waals surface area contributed by atoms with E-state index in [1.54, 1.807) is 35.0 Å². The molecule has 0 saturated heterocycles. The predicted octanol–water partition coefficient (Wildman–Crippen LogP) is 2.66. The molecule has 0 spiro atoms. The molecule has 0 fully saturated rings. The molecule has 0 amide bonds. The Morgan fingerprint density at radius 1 is 1.04 bits per heavy atom. The minimum absolute atomic E-state index is 0.0961. The van der Waals surface area contributed by atoms with Crippen LogP contribution in [0.3, 0.4) is 0 Å². The molecule has 6 heteroatoms. The summed E-state index contributed by atoms with van der Waals surface area (Å²) in [6, 6.07) is 7.82. The number of fused-ring (bicyclic) bond motifs is 2. The highest BCUT2D eigenvalue weighted by Crippen LogP contribution is 2.37. The summed E-state index contributed by atoms with van der Waals surface area (Å²) in [6.07, 6.45) is 2.44. The summed E-state index contributed by atoms with van der Waals surface area (Å²) in [5.74, 6) is 0.00932. The van der Waals surface area contributed by atoms with E-state index in [9.17, 15) is 15.0 Å². The number of aromatic nitrogens is 1. The number of hydrogen-bond acceptors (Lipinski definition) is 5. The molecule has 4 N–H and O–H groups in total. The van der Waals surface area contributed by atoms with Crippen LogP contribution in [0.25, 0.3) is 32.7 Å². The van der Waals surface area contributed by atoms with E-state index < -0.39 is 0 Å². The van der Waals surface area contributed by atoms with Crippen LogP contribution in [-0.4, -0.2) is 21.3 Å². The minimum Gasteiger partial charge on any atom is -0.508 e. The fraction of sp³-hybridized carbons (Fsp3) is 0.167. The number of benzene rings is 2. The molecule has 0 radical (unpaired) electrons. The van der Waals surface area contributed by atoms with Gasteiger partial charge in [-0.1, -0.05) is 0 Å². The third-order valence-electron chi connectivity index (χ3n) is 4.26. The third kappa shape index (κ3) is 2.04. The topological polar surface area (TPSA) is 102 Å². The SMILES string of the molecule is NCCCn1cc2c3cc(O)ccc3oc3ccc(=O)c(c1O)c32. The molecule has 2 aromatic carbocycles. The molecule has 24 heavy (non-hydrogen) atoms. The van der Waals surface area contributed by atoms with Gasteiger partial charge in [0.25, 0.3) is 0 Å². The fourth-order valence-electron chi connectivity index (χ4n) is 3.14. The van der Waals surface area contributed by atoms with Gasteiger partial charge in [-0.3, -0.25) is 4.79 Å². The van der Waals surface area contributed by atoms with Crippen molar-refractivity contribution in [1.82, 2.24) is 4.57 Å². The molecule has 0 saturated carbocycles. The summed E-state index contributed by atoms with van der Waals surface area (Å²) < 4.78 is 7.47. The molecule has 0 aliphatic carbocycles. The van der Waals surface area contributed by atoms with Gasteiger partial charge < -0.3 is 24.9 Å². The maximum Gasteiger partial charge on any atom is 0.203 e. The van der Waals surface area contributed by atoms with Crippen LogP contribution in [0.4, 0.5) is 0 Å². The van der Waals surface area contributed by atoms with E-state index in [0.717, 1.165) is 5.39 Å². The lowest BCUT2D eigenvalue weighted by Crippen LogP contribution is -2.09. The third-order valence-corrected chi connectivity index (χ3v) is 4.26. The molecule has 0 bridgehead atoms. The second kappa shape index (κ2) is 5.28. The zero-order chi connectivity index (χ0) is 16.8. The lowest BCUT2D eigenvalue weighted by Gasteiger charge is -2.15. The summed E-state index contributed by atoms with van der Waals surface area (Å²) in [5, 5.41) is 22.6. The Bertz CT molecular complexity index is 1140. The molecule has 2 heterocycles. The highest BCUT2D eigenvalue weighted by Gasteiger charge is 2.17. The number of nitrogens with zero attached hydrogens (tertiary/aromatic N) is 1. The average molecular weight is 324 g/mol. The van der Waals surface area contributed by atoms with E-state index in [0.29, 0.717) is 41.4 Å². The van der Waals surface area contributed by atoms with Gasteiger partial charge in [-0.15, -0.1) is 0 Å². The van der Waals surface area contributed by atoms with Crippen molar-refractivity contribution >= 4 is 32.7 Å². The van der Waals surface area contributed by atoms with Crippen molar-refractivity contribution in [3.8, 4) is 11.6 Å². The molecule has 0 atom stereocenters. The number of rotatable bonds is 3. The zero-order valence-electron chi connectivity index (χ0n) is 12.8. The molecule has 0 aliphatic heterocycles. The zero-order valence-corrected chi connectivity index (χ0v) is 12.8. The molecule has 4 aromatic rings. The first-order valence-electron chi connectivity index (χ1n) is 7.70. The van der Waals surface area contributed by atoms with Crippen molar-refractivity contribution in [3.05, 3.63) is 46.8 Å². The van der Waals surface area contributed by atoms with Crippen molar-refractivity contribution < 1.29 is 14.6 Å². The first-order valence-corrected chi connectivity index (χ1v) is 7.70. The Kier molecular flexibility index (Phi) is 3.21. The largest absolute Gasteiger partial charge is 0.508 e. The molecule has 2 aromatic heterocycles. The highest BCUT2D eigenvalue weighted by molar-refractivity contribution is 6.18. The van der Waals surface area contributed by atoms with E-state index in [1.165, 1.54) is 6.07 Å². The molecule has 0 unspecified atom stereocenters. The van der Waals surface area contributed by atoms with Crippen LogP contribution in [0.15, 0.2) is 45.7 Å². The minimum atomic E-state index is -0.276. The summed E-state index contributed by atoms with van der Waals surface area (Å²) in [4.78, 5) is 12.3. The van der Waals surface area contributed by atoms with Gasteiger partial charge in [0.05, 0.1) is 5.39 Å². The summed E-state index contributed by atoms with van der Waals surface area (Å²) in [7, 11) is 0. The molecular weight excluding hydrogens is 308 g/mol. The maximum atomic E-state index is 12.3. The molecule has 0 aliphatic rings. The van der Waals surface area contributed by atoms with Crippen molar-refractivity contribution in [2.75, 3.05) is 6.54 Å². The number of aromatic hydroxyl groups is 2. The quantitative estimate of drug-likeness (QED) is 0.397.